The van der Waals surface area contributed by atoms with E-state index in [1.807, 2.05) is 18.2 Å². The highest BCUT2D eigenvalue weighted by molar-refractivity contribution is 6.00. The Morgan fingerprint density at radius 2 is 2.06 bits per heavy atom. The van der Waals surface area contributed by atoms with Gasteiger partial charge < -0.3 is 9.47 Å². The molecule has 0 spiro atoms. The van der Waals surface area contributed by atoms with Crippen LogP contribution in [-0.2, 0) is 9.47 Å². The second kappa shape index (κ2) is 4.55. The summed E-state index contributed by atoms with van der Waals surface area (Å²) < 4.78 is 10.7. The van der Waals surface area contributed by atoms with E-state index in [2.05, 4.69) is 9.98 Å². The Hall–Kier alpha value is -1.52. The van der Waals surface area contributed by atoms with Crippen LogP contribution in [0.3, 0.4) is 0 Å². The Bertz CT molecular complexity index is 408. The normalized spacial score (nSPS) is 18.2. The van der Waals surface area contributed by atoms with Crippen LogP contribution >= 0.6 is 0 Å². The fourth-order valence-electron chi connectivity index (χ4n) is 1.63. The molecule has 0 bridgehead atoms. The maximum atomic E-state index is 5.36. The number of pyridine rings is 1. The molecule has 0 amide bonds. The predicted octanol–water partition coefficient (Wildman–Crippen LogP) is 1.78. The van der Waals surface area contributed by atoms with Gasteiger partial charge >= 0.3 is 0 Å². The van der Waals surface area contributed by atoms with Crippen LogP contribution in [0.25, 0.3) is 0 Å². The molecule has 0 unspecified atom stereocenters. The van der Waals surface area contributed by atoms with Gasteiger partial charge in [-0.2, -0.15) is 0 Å². The molecule has 0 radical (unpaired) electrons. The van der Waals surface area contributed by atoms with Crippen molar-refractivity contribution in [1.82, 2.24) is 4.98 Å². The number of rotatable bonds is 3. The van der Waals surface area contributed by atoms with Gasteiger partial charge in [-0.1, -0.05) is 6.07 Å². The Morgan fingerprint density at radius 1 is 1.25 bits per heavy atom. The molecule has 0 saturated heterocycles. The standard InChI is InChI=1S/C12H14N2O2/c1-15-12(16-2)6-8-14-11(9-12)10-5-3-4-7-13-10/h3-8H,9H2,1-2H3. The first-order chi connectivity index (χ1) is 7.79. The molecule has 1 aromatic heterocycles. The zero-order valence-electron chi connectivity index (χ0n) is 9.38. The van der Waals surface area contributed by atoms with Gasteiger partial charge in [0.1, 0.15) is 0 Å². The summed E-state index contributed by atoms with van der Waals surface area (Å²) in [4.78, 5) is 8.57. The fourth-order valence-corrected chi connectivity index (χ4v) is 1.63. The van der Waals surface area contributed by atoms with Crippen LogP contribution < -0.4 is 0 Å². The Labute approximate surface area is 94.6 Å². The fraction of sp³-hybridized carbons (Fsp3) is 0.333. The summed E-state index contributed by atoms with van der Waals surface area (Å²) in [5.41, 5.74) is 1.72. The molecule has 0 atom stereocenters. The second-order valence-corrected chi connectivity index (χ2v) is 3.50. The summed E-state index contributed by atoms with van der Waals surface area (Å²) in [5, 5.41) is 0. The van der Waals surface area contributed by atoms with Crippen LogP contribution in [0.2, 0.25) is 0 Å². The molecule has 2 rings (SSSR count). The lowest BCUT2D eigenvalue weighted by molar-refractivity contribution is -0.164. The van der Waals surface area contributed by atoms with Gasteiger partial charge in [-0.3, -0.25) is 9.98 Å². The topological polar surface area (TPSA) is 43.7 Å². The minimum Gasteiger partial charge on any atom is -0.349 e. The molecule has 0 aromatic carbocycles. The van der Waals surface area contributed by atoms with E-state index in [0.717, 1.165) is 11.4 Å². The van der Waals surface area contributed by atoms with E-state index in [0.29, 0.717) is 6.42 Å². The number of aromatic nitrogens is 1. The van der Waals surface area contributed by atoms with Crippen LogP contribution in [0.5, 0.6) is 0 Å². The monoisotopic (exact) mass is 218 g/mol. The van der Waals surface area contributed by atoms with Crippen LogP contribution in [0.15, 0.2) is 41.7 Å². The lowest BCUT2D eigenvalue weighted by Crippen LogP contribution is -2.36. The molecule has 0 N–H and O–H groups in total. The maximum absolute atomic E-state index is 5.36. The third-order valence-corrected chi connectivity index (χ3v) is 2.62. The average molecular weight is 218 g/mol. The first-order valence-corrected chi connectivity index (χ1v) is 5.06. The van der Waals surface area contributed by atoms with Gasteiger partial charge in [0.25, 0.3) is 0 Å². The molecule has 2 heterocycles. The molecule has 1 aromatic rings. The minimum absolute atomic E-state index is 0.563. The zero-order valence-corrected chi connectivity index (χ0v) is 9.38. The second-order valence-electron chi connectivity index (χ2n) is 3.50. The number of ether oxygens (including phenoxy) is 2. The van der Waals surface area contributed by atoms with Crippen molar-refractivity contribution < 1.29 is 9.47 Å². The van der Waals surface area contributed by atoms with Crippen LogP contribution in [0.4, 0.5) is 0 Å². The van der Waals surface area contributed by atoms with Gasteiger partial charge in [-0.25, -0.2) is 0 Å². The maximum Gasteiger partial charge on any atom is 0.194 e. The SMILES string of the molecule is COC1(OC)C=CN=C(c2ccccn2)C1. The van der Waals surface area contributed by atoms with Crippen LogP contribution in [-0.4, -0.2) is 30.7 Å². The molecule has 1 aliphatic heterocycles. The summed E-state index contributed by atoms with van der Waals surface area (Å²) in [7, 11) is 3.24. The highest BCUT2D eigenvalue weighted by atomic mass is 16.7. The molecule has 84 valence electrons. The summed E-state index contributed by atoms with van der Waals surface area (Å²) in [6.07, 6.45) is 5.81. The number of nitrogens with zero attached hydrogens (tertiary/aromatic N) is 2. The van der Waals surface area contributed by atoms with Crippen molar-refractivity contribution in [1.29, 1.82) is 0 Å². The van der Waals surface area contributed by atoms with E-state index >= 15 is 0 Å². The largest absolute Gasteiger partial charge is 0.349 e. The van der Waals surface area contributed by atoms with Crippen LogP contribution in [0.1, 0.15) is 12.1 Å². The summed E-state index contributed by atoms with van der Waals surface area (Å²) >= 11 is 0. The van der Waals surface area contributed by atoms with Gasteiger partial charge in [0, 0.05) is 26.6 Å². The Balaban J connectivity index is 2.26. The van der Waals surface area contributed by atoms with E-state index in [1.165, 1.54) is 0 Å². The quantitative estimate of drug-likeness (QED) is 0.726. The first-order valence-electron chi connectivity index (χ1n) is 5.06. The highest BCUT2D eigenvalue weighted by Gasteiger charge is 2.31. The molecule has 1 aliphatic rings. The predicted molar refractivity (Wildman–Crippen MR) is 61.3 cm³/mol. The molecule has 0 saturated carbocycles. The van der Waals surface area contributed by atoms with Gasteiger partial charge in [0.15, 0.2) is 5.79 Å². The average Bonchev–Trinajstić information content (AvgIpc) is 2.40. The third kappa shape index (κ3) is 2.03. The minimum atomic E-state index is -0.714. The molecule has 0 aliphatic carbocycles. The molecular formula is C12H14N2O2. The molecular weight excluding hydrogens is 204 g/mol. The Kier molecular flexibility index (Phi) is 3.12. The number of aliphatic imine (C=N–C) groups is 1. The number of methoxy groups -OCH3 is 2. The highest BCUT2D eigenvalue weighted by Crippen LogP contribution is 2.24. The number of hydrogen-bond acceptors (Lipinski definition) is 4. The molecule has 4 heteroatoms. The van der Waals surface area contributed by atoms with Crippen LogP contribution in [0, 0.1) is 0 Å². The van der Waals surface area contributed by atoms with Gasteiger partial charge in [0.05, 0.1) is 17.8 Å². The molecule has 0 fully saturated rings. The van der Waals surface area contributed by atoms with E-state index in [4.69, 9.17) is 9.47 Å². The van der Waals surface area contributed by atoms with Crippen molar-refractivity contribution >= 4 is 5.71 Å². The smallest absolute Gasteiger partial charge is 0.194 e. The van der Waals surface area contributed by atoms with Gasteiger partial charge in [0.2, 0.25) is 0 Å². The Morgan fingerprint density at radius 3 is 2.69 bits per heavy atom. The van der Waals surface area contributed by atoms with E-state index in [9.17, 15) is 0 Å². The molecule has 16 heavy (non-hydrogen) atoms. The summed E-state index contributed by atoms with van der Waals surface area (Å²) in [6, 6.07) is 5.74. The van der Waals surface area contributed by atoms with Crippen molar-refractivity contribution in [2.75, 3.05) is 14.2 Å². The van der Waals surface area contributed by atoms with E-state index in [1.54, 1.807) is 32.7 Å². The molecule has 4 nitrogen and oxygen atoms in total. The van der Waals surface area contributed by atoms with Crippen molar-refractivity contribution in [3.63, 3.8) is 0 Å². The van der Waals surface area contributed by atoms with Gasteiger partial charge in [-0.15, -0.1) is 0 Å². The van der Waals surface area contributed by atoms with E-state index < -0.39 is 5.79 Å². The first kappa shape index (κ1) is 11.0. The van der Waals surface area contributed by atoms with Crippen molar-refractivity contribution in [3.05, 3.63) is 42.4 Å². The third-order valence-electron chi connectivity index (χ3n) is 2.62. The lowest BCUT2D eigenvalue weighted by Gasteiger charge is -2.29. The summed E-state index contributed by atoms with van der Waals surface area (Å²) in [5.74, 6) is -0.714. The van der Waals surface area contributed by atoms with Crippen molar-refractivity contribution in [2.24, 2.45) is 4.99 Å². The zero-order chi connectivity index (χ0) is 11.4. The number of hydrogen-bond donors (Lipinski definition) is 0. The summed E-state index contributed by atoms with van der Waals surface area (Å²) in [6.45, 7) is 0. The van der Waals surface area contributed by atoms with Crippen molar-refractivity contribution in [3.8, 4) is 0 Å². The van der Waals surface area contributed by atoms with Crippen molar-refractivity contribution in [2.45, 2.75) is 12.2 Å². The van der Waals surface area contributed by atoms with E-state index in [-0.39, 0.29) is 0 Å². The lowest BCUT2D eigenvalue weighted by atomic mass is 10.0. The van der Waals surface area contributed by atoms with Gasteiger partial charge in [-0.05, 0) is 18.2 Å².